The maximum absolute atomic E-state index is 14.5. The zero-order valence-electron chi connectivity index (χ0n) is 18.6. The van der Waals surface area contributed by atoms with Crippen LogP contribution in [0.15, 0.2) is 65.7 Å². The molecular formula is C26H24F2N2O3S. The van der Waals surface area contributed by atoms with E-state index in [-0.39, 0.29) is 35.5 Å². The third-order valence-corrected chi connectivity index (χ3v) is 8.83. The summed E-state index contributed by atoms with van der Waals surface area (Å²) in [6, 6.07) is 12.2. The van der Waals surface area contributed by atoms with Gasteiger partial charge in [-0.15, -0.1) is 0 Å². The zero-order chi connectivity index (χ0) is 24.0. The Morgan fingerprint density at radius 1 is 1.03 bits per heavy atom. The van der Waals surface area contributed by atoms with Gasteiger partial charge in [0.1, 0.15) is 11.6 Å². The topological polar surface area (TPSA) is 67.3 Å². The first kappa shape index (κ1) is 22.8. The Balaban J connectivity index is 1.34. The van der Waals surface area contributed by atoms with E-state index in [4.69, 9.17) is 0 Å². The molecule has 5 nitrogen and oxygen atoms in total. The SMILES string of the molecule is Cc1ccc(-c2ccc(F)c(CCC(=O)[C@@H]3C4CC(C4)N3S(=O)(=O)c3ccc(F)cc3)c2)cn1. The molecule has 1 atom stereocenters. The summed E-state index contributed by atoms with van der Waals surface area (Å²) in [6.07, 6.45) is 3.22. The maximum atomic E-state index is 14.5. The third-order valence-electron chi connectivity index (χ3n) is 6.88. The summed E-state index contributed by atoms with van der Waals surface area (Å²) < 4.78 is 55.6. The van der Waals surface area contributed by atoms with Crippen molar-refractivity contribution in [2.24, 2.45) is 5.92 Å². The number of Topliss-reactive ketones (excluding diaryl/α,β-unsaturated/α-hetero) is 1. The van der Waals surface area contributed by atoms with Gasteiger partial charge in [0.15, 0.2) is 5.78 Å². The minimum atomic E-state index is -3.93. The predicted octanol–water partition coefficient (Wildman–Crippen LogP) is 4.69. The van der Waals surface area contributed by atoms with E-state index in [0.29, 0.717) is 18.4 Å². The molecule has 1 aliphatic carbocycles. The molecule has 176 valence electrons. The molecule has 8 heteroatoms. The third kappa shape index (κ3) is 4.05. The molecule has 0 spiro atoms. The van der Waals surface area contributed by atoms with Gasteiger partial charge in [-0.1, -0.05) is 12.1 Å². The lowest BCUT2D eigenvalue weighted by molar-refractivity contribution is -0.122. The normalized spacial score (nSPS) is 21.9. The number of aryl methyl sites for hydroxylation is 2. The van der Waals surface area contributed by atoms with Crippen molar-refractivity contribution in [3.63, 3.8) is 0 Å². The minimum Gasteiger partial charge on any atom is -0.298 e. The Kier molecular flexibility index (Phi) is 5.81. The Labute approximate surface area is 197 Å². The number of halogens is 2. The molecule has 2 aliphatic heterocycles. The van der Waals surface area contributed by atoms with Crippen molar-refractivity contribution in [3.8, 4) is 11.1 Å². The molecule has 2 aromatic carbocycles. The smallest absolute Gasteiger partial charge is 0.243 e. The van der Waals surface area contributed by atoms with Gasteiger partial charge < -0.3 is 0 Å². The molecule has 0 amide bonds. The molecule has 1 saturated carbocycles. The molecule has 0 N–H and O–H groups in total. The number of benzene rings is 2. The van der Waals surface area contributed by atoms with Crippen LogP contribution in [0.1, 0.15) is 30.5 Å². The lowest BCUT2D eigenvalue weighted by atomic mass is 9.81. The number of rotatable bonds is 7. The van der Waals surface area contributed by atoms with Gasteiger partial charge in [0.25, 0.3) is 0 Å². The van der Waals surface area contributed by atoms with Gasteiger partial charge in [-0.25, -0.2) is 17.2 Å². The van der Waals surface area contributed by atoms with Gasteiger partial charge >= 0.3 is 0 Å². The first-order valence-corrected chi connectivity index (χ1v) is 12.7. The first-order chi connectivity index (χ1) is 16.2. The number of ketones is 1. The highest BCUT2D eigenvalue weighted by Crippen LogP contribution is 2.49. The van der Waals surface area contributed by atoms with Crippen LogP contribution in [-0.2, 0) is 21.2 Å². The summed E-state index contributed by atoms with van der Waals surface area (Å²) in [7, 11) is -3.93. The van der Waals surface area contributed by atoms with Crippen LogP contribution < -0.4 is 0 Å². The summed E-state index contributed by atoms with van der Waals surface area (Å²) in [5.41, 5.74) is 2.95. The van der Waals surface area contributed by atoms with Crippen LogP contribution >= 0.6 is 0 Å². The molecule has 34 heavy (non-hydrogen) atoms. The Bertz CT molecular complexity index is 1340. The second kappa shape index (κ2) is 8.67. The fourth-order valence-electron chi connectivity index (χ4n) is 5.00. The summed E-state index contributed by atoms with van der Waals surface area (Å²) in [5, 5.41) is 0. The van der Waals surface area contributed by atoms with Gasteiger partial charge in [0, 0.05) is 29.9 Å². The van der Waals surface area contributed by atoms with E-state index in [2.05, 4.69) is 4.98 Å². The number of pyridine rings is 1. The molecule has 3 aliphatic rings. The molecule has 2 bridgehead atoms. The zero-order valence-corrected chi connectivity index (χ0v) is 19.4. The standard InChI is InChI=1S/C26H24F2N2O3S/c1-16-2-3-19(15-29-16)17-4-10-24(28)18(12-17)5-11-25(31)26-20-13-22(14-20)30(26)34(32,33)23-8-6-21(27)7-9-23/h2-4,6-10,12,15,20,22,26H,5,11,13-14H2,1H3/t20?,22?,26-/m0/s1. The molecule has 1 aromatic heterocycles. The van der Waals surface area contributed by atoms with Crippen molar-refractivity contribution in [2.75, 3.05) is 0 Å². The van der Waals surface area contributed by atoms with Gasteiger partial charge in [-0.2, -0.15) is 4.31 Å². The lowest BCUT2D eigenvalue weighted by Crippen LogP contribution is -2.41. The van der Waals surface area contributed by atoms with Crippen molar-refractivity contribution in [1.82, 2.24) is 9.29 Å². The van der Waals surface area contributed by atoms with Crippen LogP contribution in [-0.4, -0.2) is 35.6 Å². The second-order valence-electron chi connectivity index (χ2n) is 9.08. The molecule has 6 rings (SSSR count). The van der Waals surface area contributed by atoms with Crippen LogP contribution in [0, 0.1) is 24.5 Å². The number of fused-ring (bicyclic) bond motifs is 1. The van der Waals surface area contributed by atoms with E-state index in [1.165, 1.54) is 22.5 Å². The van der Waals surface area contributed by atoms with Gasteiger partial charge in [-0.3, -0.25) is 9.78 Å². The molecule has 0 unspecified atom stereocenters. The number of carbonyl (C=O) groups excluding carboxylic acids is 1. The highest BCUT2D eigenvalue weighted by atomic mass is 32.2. The van der Waals surface area contributed by atoms with E-state index in [0.717, 1.165) is 29.0 Å². The quantitative estimate of drug-likeness (QED) is 0.490. The minimum absolute atomic E-state index is 0.0234. The predicted molar refractivity (Wildman–Crippen MR) is 123 cm³/mol. The van der Waals surface area contributed by atoms with E-state index in [1.54, 1.807) is 18.3 Å². The number of hydrogen-bond donors (Lipinski definition) is 0. The van der Waals surface area contributed by atoms with Crippen molar-refractivity contribution < 1.29 is 22.0 Å². The fraction of sp³-hybridized carbons (Fsp3) is 0.308. The monoisotopic (exact) mass is 482 g/mol. The van der Waals surface area contributed by atoms with Crippen LogP contribution in [0.5, 0.6) is 0 Å². The number of aromatic nitrogens is 1. The summed E-state index contributed by atoms with van der Waals surface area (Å²) in [6.45, 7) is 1.89. The Morgan fingerprint density at radius 3 is 2.41 bits per heavy atom. The van der Waals surface area contributed by atoms with E-state index in [9.17, 15) is 22.0 Å². The Morgan fingerprint density at radius 2 is 1.74 bits per heavy atom. The number of hydrogen-bond acceptors (Lipinski definition) is 4. The van der Waals surface area contributed by atoms with Gasteiger partial charge in [-0.05, 0) is 85.7 Å². The highest BCUT2D eigenvalue weighted by Gasteiger charge is 2.58. The summed E-state index contributed by atoms with van der Waals surface area (Å²) >= 11 is 0. The average molecular weight is 483 g/mol. The van der Waals surface area contributed by atoms with Crippen LogP contribution in [0.2, 0.25) is 0 Å². The molecule has 3 fully saturated rings. The van der Waals surface area contributed by atoms with Crippen molar-refractivity contribution in [2.45, 2.75) is 49.6 Å². The van der Waals surface area contributed by atoms with Crippen LogP contribution in [0.25, 0.3) is 11.1 Å². The van der Waals surface area contributed by atoms with Crippen LogP contribution in [0.3, 0.4) is 0 Å². The van der Waals surface area contributed by atoms with Gasteiger partial charge in [0.05, 0.1) is 10.9 Å². The molecular weight excluding hydrogens is 458 g/mol. The second-order valence-corrected chi connectivity index (χ2v) is 10.9. The number of sulfonamides is 1. The van der Waals surface area contributed by atoms with E-state index in [1.807, 2.05) is 19.1 Å². The van der Waals surface area contributed by atoms with Gasteiger partial charge in [0.2, 0.25) is 10.0 Å². The van der Waals surface area contributed by atoms with E-state index < -0.39 is 27.7 Å². The van der Waals surface area contributed by atoms with Crippen molar-refractivity contribution >= 4 is 15.8 Å². The van der Waals surface area contributed by atoms with Crippen LogP contribution in [0.4, 0.5) is 8.78 Å². The average Bonchev–Trinajstić information content (AvgIpc) is 3.37. The number of nitrogens with zero attached hydrogens (tertiary/aromatic N) is 2. The highest BCUT2D eigenvalue weighted by molar-refractivity contribution is 7.89. The van der Waals surface area contributed by atoms with E-state index >= 15 is 0 Å². The molecule has 0 radical (unpaired) electrons. The number of carbonyl (C=O) groups is 1. The van der Waals surface area contributed by atoms with Crippen molar-refractivity contribution in [1.29, 1.82) is 0 Å². The molecule has 3 aromatic rings. The maximum Gasteiger partial charge on any atom is 0.243 e. The summed E-state index contributed by atoms with van der Waals surface area (Å²) in [5.74, 6) is -1.16. The largest absolute Gasteiger partial charge is 0.298 e. The van der Waals surface area contributed by atoms with Crippen molar-refractivity contribution in [3.05, 3.63) is 83.7 Å². The molecule has 2 saturated heterocycles. The summed E-state index contributed by atoms with van der Waals surface area (Å²) in [4.78, 5) is 17.5. The lowest BCUT2D eigenvalue weighted by Gasteiger charge is -2.25. The fourth-order valence-corrected chi connectivity index (χ4v) is 6.88. The molecule has 3 heterocycles. The Hall–Kier alpha value is -2.97. The first-order valence-electron chi connectivity index (χ1n) is 11.3.